The summed E-state index contributed by atoms with van der Waals surface area (Å²) < 4.78 is 11.1. The number of nitrogens with one attached hydrogen (secondary N) is 1. The molecule has 0 radical (unpaired) electrons. The highest BCUT2D eigenvalue weighted by Crippen LogP contribution is 2.23. The molecule has 0 saturated heterocycles. The lowest BCUT2D eigenvalue weighted by atomic mass is 10.1. The smallest absolute Gasteiger partial charge is 0.257 e. The van der Waals surface area contributed by atoms with Gasteiger partial charge in [-0.3, -0.25) is 9.59 Å². The number of anilines is 1. The SMILES string of the molecule is Cc1ccc(C)c(NC(=O)CN(C)C(=O)c2ccccc2OCc2c(C)noc2C)c1. The Labute approximate surface area is 182 Å². The minimum atomic E-state index is -0.300. The Bertz CT molecular complexity index is 1080. The number of para-hydroxylation sites is 1. The van der Waals surface area contributed by atoms with E-state index in [2.05, 4.69) is 10.5 Å². The van der Waals surface area contributed by atoms with Crippen molar-refractivity contribution in [3.05, 3.63) is 76.2 Å². The van der Waals surface area contributed by atoms with Crippen molar-refractivity contribution in [3.63, 3.8) is 0 Å². The van der Waals surface area contributed by atoms with Gasteiger partial charge in [0.15, 0.2) is 0 Å². The van der Waals surface area contributed by atoms with Crippen LogP contribution in [0.25, 0.3) is 0 Å². The first-order chi connectivity index (χ1) is 14.8. The van der Waals surface area contributed by atoms with Crippen LogP contribution >= 0.6 is 0 Å². The second-order valence-corrected chi connectivity index (χ2v) is 7.62. The van der Waals surface area contributed by atoms with Crippen LogP contribution in [-0.4, -0.2) is 35.5 Å². The van der Waals surface area contributed by atoms with Crippen molar-refractivity contribution >= 4 is 17.5 Å². The number of nitrogens with zero attached hydrogens (tertiary/aromatic N) is 2. The van der Waals surface area contributed by atoms with E-state index < -0.39 is 0 Å². The Morgan fingerprint density at radius 1 is 1.10 bits per heavy atom. The van der Waals surface area contributed by atoms with Gasteiger partial charge in [-0.2, -0.15) is 0 Å². The first kappa shape index (κ1) is 22.1. The number of amides is 2. The van der Waals surface area contributed by atoms with Crippen LogP contribution in [0.3, 0.4) is 0 Å². The molecule has 162 valence electrons. The number of aryl methyl sites for hydroxylation is 4. The largest absolute Gasteiger partial charge is 0.488 e. The van der Waals surface area contributed by atoms with Crippen molar-refractivity contribution in [3.8, 4) is 5.75 Å². The first-order valence-corrected chi connectivity index (χ1v) is 10.0. The van der Waals surface area contributed by atoms with Gasteiger partial charge in [0.05, 0.1) is 23.4 Å². The lowest BCUT2D eigenvalue weighted by Gasteiger charge is -2.19. The third-order valence-corrected chi connectivity index (χ3v) is 5.07. The van der Waals surface area contributed by atoms with E-state index in [0.717, 1.165) is 28.1 Å². The maximum absolute atomic E-state index is 13.0. The molecular weight excluding hydrogens is 394 g/mol. The lowest BCUT2D eigenvalue weighted by Crippen LogP contribution is -2.35. The Hall–Kier alpha value is -3.61. The van der Waals surface area contributed by atoms with Crippen molar-refractivity contribution in [1.29, 1.82) is 0 Å². The third-order valence-electron chi connectivity index (χ3n) is 5.07. The Morgan fingerprint density at radius 3 is 2.55 bits per heavy atom. The molecule has 7 nitrogen and oxygen atoms in total. The fourth-order valence-electron chi connectivity index (χ4n) is 3.18. The molecular formula is C24H27N3O4. The second-order valence-electron chi connectivity index (χ2n) is 7.62. The minimum absolute atomic E-state index is 0.0790. The molecule has 0 spiro atoms. The van der Waals surface area contributed by atoms with E-state index >= 15 is 0 Å². The van der Waals surface area contributed by atoms with Crippen LogP contribution < -0.4 is 10.1 Å². The van der Waals surface area contributed by atoms with Gasteiger partial charge in [0, 0.05) is 12.7 Å². The standard InChI is InChI=1S/C24H27N3O4/c1-15-10-11-16(2)21(12-15)25-23(28)13-27(5)24(29)19-8-6-7-9-22(19)30-14-20-17(3)26-31-18(20)4/h6-12H,13-14H2,1-5H3,(H,25,28). The zero-order valence-corrected chi connectivity index (χ0v) is 18.5. The van der Waals surface area contributed by atoms with E-state index in [0.29, 0.717) is 17.1 Å². The minimum Gasteiger partial charge on any atom is -0.488 e. The summed E-state index contributed by atoms with van der Waals surface area (Å²) in [5.74, 6) is 0.556. The van der Waals surface area contributed by atoms with Crippen molar-refractivity contribution in [2.75, 3.05) is 18.9 Å². The maximum Gasteiger partial charge on any atom is 0.257 e. The Morgan fingerprint density at radius 2 is 1.84 bits per heavy atom. The van der Waals surface area contributed by atoms with Crippen molar-refractivity contribution < 1.29 is 18.8 Å². The molecule has 3 rings (SSSR count). The molecule has 0 bridgehead atoms. The van der Waals surface area contributed by atoms with Gasteiger partial charge in [0.25, 0.3) is 5.91 Å². The first-order valence-electron chi connectivity index (χ1n) is 10.0. The fourth-order valence-corrected chi connectivity index (χ4v) is 3.18. The van der Waals surface area contributed by atoms with Crippen LogP contribution in [0.2, 0.25) is 0 Å². The normalized spacial score (nSPS) is 10.6. The highest BCUT2D eigenvalue weighted by molar-refractivity contribution is 6.01. The third kappa shape index (κ3) is 5.31. The molecule has 0 aliphatic rings. The summed E-state index contributed by atoms with van der Waals surface area (Å²) >= 11 is 0. The predicted molar refractivity (Wildman–Crippen MR) is 118 cm³/mol. The van der Waals surface area contributed by atoms with Crippen LogP contribution in [0.1, 0.15) is 38.5 Å². The zero-order chi connectivity index (χ0) is 22.5. The van der Waals surface area contributed by atoms with Crippen molar-refractivity contribution in [1.82, 2.24) is 10.1 Å². The molecule has 31 heavy (non-hydrogen) atoms. The van der Waals surface area contributed by atoms with Crippen molar-refractivity contribution in [2.45, 2.75) is 34.3 Å². The van der Waals surface area contributed by atoms with Crippen LogP contribution in [0, 0.1) is 27.7 Å². The molecule has 0 atom stereocenters. The molecule has 7 heteroatoms. The van der Waals surface area contributed by atoms with Gasteiger partial charge < -0.3 is 19.5 Å². The molecule has 2 amide bonds. The van der Waals surface area contributed by atoms with Gasteiger partial charge in [-0.15, -0.1) is 0 Å². The van der Waals surface area contributed by atoms with Crippen LogP contribution in [-0.2, 0) is 11.4 Å². The molecule has 0 saturated carbocycles. The summed E-state index contributed by atoms with van der Waals surface area (Å²) in [5.41, 5.74) is 4.75. The van der Waals surface area contributed by atoms with Gasteiger partial charge >= 0.3 is 0 Å². The number of hydrogen-bond acceptors (Lipinski definition) is 5. The summed E-state index contributed by atoms with van der Waals surface area (Å²) in [6.45, 7) is 7.71. The summed E-state index contributed by atoms with van der Waals surface area (Å²) in [4.78, 5) is 26.9. The van der Waals surface area contributed by atoms with E-state index in [4.69, 9.17) is 9.26 Å². The number of hydrogen-bond donors (Lipinski definition) is 1. The zero-order valence-electron chi connectivity index (χ0n) is 18.5. The number of rotatable bonds is 7. The number of carbonyl (C=O) groups excluding carboxylic acids is 2. The number of benzene rings is 2. The lowest BCUT2D eigenvalue weighted by molar-refractivity contribution is -0.116. The number of aromatic nitrogens is 1. The molecule has 3 aromatic rings. The van der Waals surface area contributed by atoms with Crippen LogP contribution in [0.4, 0.5) is 5.69 Å². The van der Waals surface area contributed by atoms with Crippen LogP contribution in [0.5, 0.6) is 5.75 Å². The van der Waals surface area contributed by atoms with E-state index in [1.807, 2.05) is 45.9 Å². The van der Waals surface area contributed by atoms with Gasteiger partial charge in [-0.25, -0.2) is 0 Å². The monoisotopic (exact) mass is 421 g/mol. The van der Waals surface area contributed by atoms with E-state index in [1.54, 1.807) is 31.3 Å². The summed E-state index contributed by atoms with van der Waals surface area (Å²) in [7, 11) is 1.59. The van der Waals surface area contributed by atoms with Crippen LogP contribution in [0.15, 0.2) is 47.0 Å². The summed E-state index contributed by atoms with van der Waals surface area (Å²) in [5, 5.41) is 6.80. The number of carbonyl (C=O) groups is 2. The number of ether oxygens (including phenoxy) is 1. The topological polar surface area (TPSA) is 84.7 Å². The van der Waals surface area contributed by atoms with E-state index in [1.165, 1.54) is 4.90 Å². The van der Waals surface area contributed by atoms with Gasteiger partial charge in [0.2, 0.25) is 5.91 Å². The average Bonchev–Trinajstić information content (AvgIpc) is 3.06. The molecule has 0 fully saturated rings. The van der Waals surface area contributed by atoms with Crippen molar-refractivity contribution in [2.24, 2.45) is 0 Å². The highest BCUT2D eigenvalue weighted by Gasteiger charge is 2.20. The molecule has 0 aliphatic heterocycles. The summed E-state index contributed by atoms with van der Waals surface area (Å²) in [6, 6.07) is 12.8. The predicted octanol–water partition coefficient (Wildman–Crippen LogP) is 4.20. The quantitative estimate of drug-likeness (QED) is 0.618. The average molecular weight is 421 g/mol. The second kappa shape index (κ2) is 9.47. The maximum atomic E-state index is 13.0. The fraction of sp³-hybridized carbons (Fsp3) is 0.292. The highest BCUT2D eigenvalue weighted by atomic mass is 16.5. The molecule has 1 N–H and O–H groups in total. The Balaban J connectivity index is 1.68. The Kier molecular flexibility index (Phi) is 6.74. The van der Waals surface area contributed by atoms with E-state index in [9.17, 15) is 9.59 Å². The van der Waals surface area contributed by atoms with Gasteiger partial charge in [-0.05, 0) is 57.0 Å². The number of likely N-dealkylation sites (N-methyl/N-ethyl adjacent to an activating group) is 1. The van der Waals surface area contributed by atoms with E-state index in [-0.39, 0.29) is 25.0 Å². The molecule has 1 heterocycles. The van der Waals surface area contributed by atoms with Gasteiger partial charge in [0.1, 0.15) is 18.1 Å². The molecule has 1 aromatic heterocycles. The van der Waals surface area contributed by atoms with Gasteiger partial charge in [-0.1, -0.05) is 29.4 Å². The molecule has 2 aromatic carbocycles. The molecule has 0 aliphatic carbocycles. The summed E-state index contributed by atoms with van der Waals surface area (Å²) in [6.07, 6.45) is 0. The molecule has 0 unspecified atom stereocenters.